The van der Waals surface area contributed by atoms with Crippen LogP contribution < -0.4 is 15.5 Å². The van der Waals surface area contributed by atoms with Crippen LogP contribution >= 0.6 is 11.3 Å². The van der Waals surface area contributed by atoms with Crippen LogP contribution in [-0.4, -0.2) is 48.0 Å². The monoisotopic (exact) mass is 439 g/mol. The van der Waals surface area contributed by atoms with Crippen LogP contribution in [0.1, 0.15) is 15.4 Å². The van der Waals surface area contributed by atoms with Gasteiger partial charge in [0.2, 0.25) is 0 Å². The van der Waals surface area contributed by atoms with E-state index in [1.165, 1.54) is 6.07 Å². The van der Waals surface area contributed by atoms with E-state index in [0.29, 0.717) is 53.3 Å². The summed E-state index contributed by atoms with van der Waals surface area (Å²) in [4.78, 5) is 33.7. The van der Waals surface area contributed by atoms with E-state index in [0.717, 1.165) is 11.3 Å². The lowest BCUT2D eigenvalue weighted by atomic mass is 10.2. The second-order valence-corrected chi connectivity index (χ2v) is 8.11. The van der Waals surface area contributed by atoms with Gasteiger partial charge in [-0.1, -0.05) is 41.7 Å². The van der Waals surface area contributed by atoms with Gasteiger partial charge in [-0.3, -0.25) is 10.1 Å². The van der Waals surface area contributed by atoms with Crippen LogP contribution in [0.2, 0.25) is 0 Å². The molecule has 1 fully saturated rings. The topological polar surface area (TPSA) is 77.6 Å². The van der Waals surface area contributed by atoms with Gasteiger partial charge >= 0.3 is 6.03 Å². The molecule has 0 aliphatic carbocycles. The maximum absolute atomic E-state index is 14.0. The van der Waals surface area contributed by atoms with Gasteiger partial charge < -0.3 is 15.1 Å². The highest BCUT2D eigenvalue weighted by molar-refractivity contribution is 7.17. The highest BCUT2D eigenvalue weighted by Gasteiger charge is 2.26. The third kappa shape index (κ3) is 4.83. The molecule has 0 bridgehead atoms. The summed E-state index contributed by atoms with van der Waals surface area (Å²) in [6.45, 7) is 3.83. The molecule has 2 heterocycles. The second-order valence-electron chi connectivity index (χ2n) is 7.11. The molecule has 1 aromatic heterocycles. The number of nitrogens with zero attached hydrogens (tertiary/aromatic N) is 3. The Balaban J connectivity index is 1.37. The molecular formula is C22H22FN5O2S. The molecule has 4 rings (SSSR count). The molecule has 3 aromatic rings. The quantitative estimate of drug-likeness (QED) is 0.639. The molecule has 1 aliphatic heterocycles. The number of halogens is 1. The summed E-state index contributed by atoms with van der Waals surface area (Å²) in [6, 6.07) is 15.3. The first-order valence-electron chi connectivity index (χ1n) is 9.90. The van der Waals surface area contributed by atoms with E-state index < -0.39 is 6.03 Å². The van der Waals surface area contributed by atoms with Gasteiger partial charge in [-0.05, 0) is 31.2 Å². The Kier molecular flexibility index (Phi) is 6.13. The first-order chi connectivity index (χ1) is 15.0. The number of amides is 3. The fourth-order valence-electron chi connectivity index (χ4n) is 3.43. The van der Waals surface area contributed by atoms with E-state index in [9.17, 15) is 14.0 Å². The van der Waals surface area contributed by atoms with Crippen molar-refractivity contribution < 1.29 is 14.0 Å². The summed E-state index contributed by atoms with van der Waals surface area (Å²) >= 11 is 1.15. The first kappa shape index (κ1) is 20.8. The fourth-order valence-corrected chi connectivity index (χ4v) is 4.36. The molecule has 2 N–H and O–H groups in total. The number of nitrogens with one attached hydrogen (secondary N) is 2. The number of hydrogen-bond acceptors (Lipinski definition) is 5. The molecule has 160 valence electrons. The Morgan fingerprint density at radius 2 is 1.65 bits per heavy atom. The molecule has 0 radical (unpaired) electrons. The van der Waals surface area contributed by atoms with Crippen molar-refractivity contribution in [3.8, 4) is 0 Å². The number of para-hydroxylation sites is 2. The Morgan fingerprint density at radius 1 is 0.968 bits per heavy atom. The fraction of sp³-hybridized carbons (Fsp3) is 0.227. The molecule has 0 saturated carbocycles. The van der Waals surface area contributed by atoms with Gasteiger partial charge in [-0.15, -0.1) is 0 Å². The molecule has 3 amide bonds. The lowest BCUT2D eigenvalue weighted by Gasteiger charge is -2.36. The van der Waals surface area contributed by atoms with Crippen molar-refractivity contribution in [2.45, 2.75) is 6.92 Å². The summed E-state index contributed by atoms with van der Waals surface area (Å²) in [6.07, 6.45) is 0. The zero-order chi connectivity index (χ0) is 21.8. The van der Waals surface area contributed by atoms with Gasteiger partial charge in [0.15, 0.2) is 5.13 Å². The minimum absolute atomic E-state index is 0.125. The number of carbonyl (C=O) groups excluding carboxylic acids is 2. The van der Waals surface area contributed by atoms with Gasteiger partial charge in [0.05, 0.1) is 11.4 Å². The number of piperazine rings is 1. The highest BCUT2D eigenvalue weighted by atomic mass is 32.1. The van der Waals surface area contributed by atoms with Crippen LogP contribution in [0.25, 0.3) is 0 Å². The SMILES string of the molecule is Cc1nc(NC(=O)Nc2ccccc2)sc1C(=O)N1CCN(c2ccccc2F)CC1. The van der Waals surface area contributed by atoms with E-state index >= 15 is 0 Å². The minimum atomic E-state index is -0.419. The molecule has 1 saturated heterocycles. The van der Waals surface area contributed by atoms with Crippen molar-refractivity contribution in [1.29, 1.82) is 0 Å². The number of aromatic nitrogens is 1. The number of rotatable bonds is 4. The third-order valence-electron chi connectivity index (χ3n) is 5.00. The average molecular weight is 440 g/mol. The highest BCUT2D eigenvalue weighted by Crippen LogP contribution is 2.26. The number of urea groups is 1. The summed E-state index contributed by atoms with van der Waals surface area (Å²) in [5.74, 6) is -0.384. The summed E-state index contributed by atoms with van der Waals surface area (Å²) in [5, 5.41) is 5.76. The van der Waals surface area contributed by atoms with Gasteiger partial charge in [-0.2, -0.15) is 0 Å². The van der Waals surface area contributed by atoms with Crippen molar-refractivity contribution in [3.63, 3.8) is 0 Å². The smallest absolute Gasteiger partial charge is 0.325 e. The van der Waals surface area contributed by atoms with E-state index in [1.807, 2.05) is 23.1 Å². The van der Waals surface area contributed by atoms with Crippen LogP contribution in [0.15, 0.2) is 54.6 Å². The molecule has 0 spiro atoms. The summed E-state index contributed by atoms with van der Waals surface area (Å²) < 4.78 is 14.0. The van der Waals surface area contributed by atoms with Crippen LogP contribution in [0.3, 0.4) is 0 Å². The number of thiazole rings is 1. The van der Waals surface area contributed by atoms with Gasteiger partial charge in [-0.25, -0.2) is 14.2 Å². The Morgan fingerprint density at radius 3 is 2.35 bits per heavy atom. The van der Waals surface area contributed by atoms with Crippen LogP contribution in [-0.2, 0) is 0 Å². The predicted molar refractivity (Wildman–Crippen MR) is 120 cm³/mol. The maximum atomic E-state index is 14.0. The minimum Gasteiger partial charge on any atom is -0.366 e. The lowest BCUT2D eigenvalue weighted by molar-refractivity contribution is 0.0750. The summed E-state index contributed by atoms with van der Waals surface area (Å²) in [7, 11) is 0. The Labute approximate surface area is 183 Å². The summed E-state index contributed by atoms with van der Waals surface area (Å²) in [5.41, 5.74) is 1.79. The number of aryl methyl sites for hydroxylation is 1. The zero-order valence-corrected chi connectivity index (χ0v) is 17.8. The zero-order valence-electron chi connectivity index (χ0n) is 17.0. The van der Waals surface area contributed by atoms with Crippen LogP contribution in [0, 0.1) is 12.7 Å². The third-order valence-corrected chi connectivity index (χ3v) is 6.06. The normalized spacial score (nSPS) is 13.7. The number of benzene rings is 2. The number of hydrogen-bond donors (Lipinski definition) is 2. The molecule has 0 unspecified atom stereocenters. The van der Waals surface area contributed by atoms with Crippen LogP contribution in [0.5, 0.6) is 0 Å². The number of carbonyl (C=O) groups is 2. The first-order valence-corrected chi connectivity index (χ1v) is 10.7. The standard InChI is InChI=1S/C22H22FN5O2S/c1-15-19(31-22(24-15)26-21(30)25-16-7-3-2-4-8-16)20(29)28-13-11-27(12-14-28)18-10-6-5-9-17(18)23/h2-10H,11-14H2,1H3,(H2,24,25,26,30). The van der Waals surface area contributed by atoms with Crippen LogP contribution in [0.4, 0.5) is 25.7 Å². The van der Waals surface area contributed by atoms with Crippen molar-refractivity contribution in [2.75, 3.05) is 41.7 Å². The van der Waals surface area contributed by atoms with E-state index in [2.05, 4.69) is 15.6 Å². The molecule has 1 aliphatic rings. The predicted octanol–water partition coefficient (Wildman–Crippen LogP) is 4.20. The van der Waals surface area contributed by atoms with E-state index in [1.54, 1.807) is 42.2 Å². The van der Waals surface area contributed by atoms with Gasteiger partial charge in [0.1, 0.15) is 10.7 Å². The van der Waals surface area contributed by atoms with Gasteiger partial charge in [0, 0.05) is 31.9 Å². The molecule has 2 aromatic carbocycles. The van der Waals surface area contributed by atoms with Crippen molar-refractivity contribution in [1.82, 2.24) is 9.88 Å². The van der Waals surface area contributed by atoms with Crippen molar-refractivity contribution >= 4 is 39.8 Å². The van der Waals surface area contributed by atoms with Gasteiger partial charge in [0.25, 0.3) is 5.91 Å². The second kappa shape index (κ2) is 9.13. The van der Waals surface area contributed by atoms with E-state index in [4.69, 9.17) is 0 Å². The Hall–Kier alpha value is -3.46. The molecule has 0 atom stereocenters. The molecule has 7 nitrogen and oxygen atoms in total. The largest absolute Gasteiger partial charge is 0.366 e. The number of anilines is 3. The molecule has 31 heavy (non-hydrogen) atoms. The van der Waals surface area contributed by atoms with Crippen molar-refractivity contribution in [3.05, 3.63) is 71.0 Å². The maximum Gasteiger partial charge on any atom is 0.325 e. The Bertz CT molecular complexity index is 1080. The molecule has 9 heteroatoms. The van der Waals surface area contributed by atoms with Crippen molar-refractivity contribution in [2.24, 2.45) is 0 Å². The molecular weight excluding hydrogens is 417 g/mol. The van der Waals surface area contributed by atoms with E-state index in [-0.39, 0.29) is 11.7 Å². The average Bonchev–Trinajstić information content (AvgIpc) is 3.14. The lowest BCUT2D eigenvalue weighted by Crippen LogP contribution is -2.49.